The van der Waals surface area contributed by atoms with E-state index < -0.39 is 10.7 Å². The number of rotatable bonds is 3. The average Bonchev–Trinajstić information content (AvgIpc) is 3.26. The first-order valence-electron chi connectivity index (χ1n) is 10.3. The quantitative estimate of drug-likeness (QED) is 0.340. The molecule has 2 fully saturated rings. The lowest BCUT2D eigenvalue weighted by atomic mass is 9.88. The number of anilines is 2. The van der Waals surface area contributed by atoms with Crippen molar-refractivity contribution in [3.63, 3.8) is 0 Å². The second kappa shape index (κ2) is 7.69. The van der Waals surface area contributed by atoms with Gasteiger partial charge in [-0.2, -0.15) is 0 Å². The molecule has 1 N–H and O–H groups in total. The minimum atomic E-state index is -0.632. The molecule has 0 unspecified atom stereocenters. The van der Waals surface area contributed by atoms with Crippen LogP contribution < -0.4 is 5.32 Å². The average molecular weight is 452 g/mol. The molecule has 2 bridgehead atoms. The Labute approximate surface area is 188 Å². The van der Waals surface area contributed by atoms with Gasteiger partial charge in [-0.3, -0.25) is 15.0 Å². The minimum Gasteiger partial charge on any atom is -0.337 e. The molecule has 162 valence electrons. The molecule has 7 nitrogen and oxygen atoms in total. The summed E-state index contributed by atoms with van der Waals surface area (Å²) in [5.41, 5.74) is 0.542. The molecule has 3 heterocycles. The topological polar surface area (TPSA) is 84.2 Å². The molecule has 1 aromatic heterocycles. The third kappa shape index (κ3) is 3.34. The smallest absolute Gasteiger partial charge is 0.285 e. The van der Waals surface area contributed by atoms with Crippen LogP contribution in [0.2, 0.25) is 5.02 Å². The fraction of sp³-hybridized carbons (Fsp3) is 0.304. The molecular formula is C23H19ClFN5O2. The molecule has 0 aliphatic carbocycles. The molecule has 0 atom stereocenters. The van der Waals surface area contributed by atoms with Crippen LogP contribution in [0, 0.1) is 27.8 Å². The van der Waals surface area contributed by atoms with Gasteiger partial charge in [0.1, 0.15) is 17.7 Å². The summed E-state index contributed by atoms with van der Waals surface area (Å²) in [6, 6.07) is 8.07. The van der Waals surface area contributed by atoms with E-state index in [-0.39, 0.29) is 27.8 Å². The van der Waals surface area contributed by atoms with Crippen molar-refractivity contribution >= 4 is 39.7 Å². The highest BCUT2D eigenvalue weighted by Crippen LogP contribution is 2.44. The number of nitrogens with one attached hydrogen (secondary N) is 1. The normalized spacial score (nSPS) is 22.0. The van der Waals surface area contributed by atoms with Crippen LogP contribution in [0.25, 0.3) is 10.9 Å². The van der Waals surface area contributed by atoms with Crippen molar-refractivity contribution in [3.05, 3.63) is 63.2 Å². The van der Waals surface area contributed by atoms with Crippen LogP contribution in [0.5, 0.6) is 0 Å². The molecule has 0 radical (unpaired) electrons. The summed E-state index contributed by atoms with van der Waals surface area (Å²) >= 11 is 5.86. The highest BCUT2D eigenvalue weighted by molar-refractivity contribution is 6.31. The monoisotopic (exact) mass is 451 g/mol. The van der Waals surface area contributed by atoms with Gasteiger partial charge >= 0.3 is 0 Å². The highest BCUT2D eigenvalue weighted by atomic mass is 35.5. The van der Waals surface area contributed by atoms with Gasteiger partial charge in [0.05, 0.1) is 26.7 Å². The SMILES string of the molecule is CN1C2CCC1(C#Cc1cc3ncnc(Nc4cccc(Cl)c4F)c3cc1[N+](=O)[O-])CC2. The van der Waals surface area contributed by atoms with Crippen molar-refractivity contribution in [1.29, 1.82) is 0 Å². The number of halogens is 2. The number of nitro groups is 1. The fourth-order valence-electron chi connectivity index (χ4n) is 4.74. The summed E-state index contributed by atoms with van der Waals surface area (Å²) in [7, 11) is 2.08. The predicted octanol–water partition coefficient (Wildman–Crippen LogP) is 5.05. The van der Waals surface area contributed by atoms with E-state index in [4.69, 9.17) is 11.6 Å². The van der Waals surface area contributed by atoms with Crippen molar-refractivity contribution in [3.8, 4) is 11.8 Å². The summed E-state index contributed by atoms with van der Waals surface area (Å²) in [6.07, 6.45) is 5.48. The largest absolute Gasteiger partial charge is 0.337 e. The van der Waals surface area contributed by atoms with E-state index in [0.29, 0.717) is 22.5 Å². The zero-order valence-corrected chi connectivity index (χ0v) is 18.0. The molecule has 2 aromatic carbocycles. The van der Waals surface area contributed by atoms with Crippen LogP contribution in [0.4, 0.5) is 21.6 Å². The van der Waals surface area contributed by atoms with E-state index in [9.17, 15) is 14.5 Å². The lowest BCUT2D eigenvalue weighted by Gasteiger charge is -2.25. The summed E-state index contributed by atoms with van der Waals surface area (Å²) in [5, 5.41) is 15.1. The second-order valence-electron chi connectivity index (χ2n) is 8.22. The summed E-state index contributed by atoms with van der Waals surface area (Å²) in [4.78, 5) is 22.1. The van der Waals surface area contributed by atoms with Gasteiger partial charge in [0.15, 0.2) is 5.82 Å². The zero-order valence-electron chi connectivity index (χ0n) is 17.2. The minimum absolute atomic E-state index is 0.0395. The fourth-order valence-corrected chi connectivity index (χ4v) is 4.91. The van der Waals surface area contributed by atoms with Gasteiger partial charge in [-0.15, -0.1) is 0 Å². The van der Waals surface area contributed by atoms with Gasteiger partial charge in [-0.1, -0.05) is 29.5 Å². The lowest BCUT2D eigenvalue weighted by molar-refractivity contribution is -0.385. The Kier molecular flexibility index (Phi) is 4.96. The number of fused-ring (bicyclic) bond motifs is 3. The number of aromatic nitrogens is 2. The molecular weight excluding hydrogens is 433 g/mol. The maximum atomic E-state index is 14.3. The van der Waals surface area contributed by atoms with Crippen LogP contribution in [0.15, 0.2) is 36.7 Å². The molecule has 0 amide bonds. The van der Waals surface area contributed by atoms with E-state index >= 15 is 0 Å². The Morgan fingerprint density at radius 1 is 1.31 bits per heavy atom. The third-order valence-corrected chi connectivity index (χ3v) is 6.88. The Bertz CT molecular complexity index is 1310. The molecule has 2 saturated heterocycles. The Balaban J connectivity index is 1.58. The number of nitro benzene ring substituents is 1. The molecule has 9 heteroatoms. The number of hydrogen-bond acceptors (Lipinski definition) is 6. The second-order valence-corrected chi connectivity index (χ2v) is 8.62. The van der Waals surface area contributed by atoms with E-state index in [1.54, 1.807) is 12.1 Å². The lowest BCUT2D eigenvalue weighted by Crippen LogP contribution is -2.36. The first-order valence-corrected chi connectivity index (χ1v) is 10.7. The van der Waals surface area contributed by atoms with Gasteiger partial charge in [0, 0.05) is 17.5 Å². The van der Waals surface area contributed by atoms with Crippen molar-refractivity contribution < 1.29 is 9.31 Å². The van der Waals surface area contributed by atoms with Crippen LogP contribution in [0.1, 0.15) is 31.2 Å². The number of benzene rings is 2. The molecule has 0 spiro atoms. The molecule has 2 aliphatic rings. The molecule has 32 heavy (non-hydrogen) atoms. The maximum Gasteiger partial charge on any atom is 0.285 e. The van der Waals surface area contributed by atoms with Crippen molar-refractivity contribution in [2.45, 2.75) is 37.3 Å². The summed E-state index contributed by atoms with van der Waals surface area (Å²) in [5.74, 6) is 6.01. The number of nitrogens with zero attached hydrogens (tertiary/aromatic N) is 4. The Morgan fingerprint density at radius 2 is 2.09 bits per heavy atom. The van der Waals surface area contributed by atoms with Gasteiger partial charge in [-0.25, -0.2) is 14.4 Å². The van der Waals surface area contributed by atoms with Gasteiger partial charge in [0.25, 0.3) is 5.69 Å². The van der Waals surface area contributed by atoms with E-state index in [1.807, 2.05) is 0 Å². The van der Waals surface area contributed by atoms with E-state index in [2.05, 4.69) is 39.1 Å². The third-order valence-electron chi connectivity index (χ3n) is 6.59. The van der Waals surface area contributed by atoms with Gasteiger partial charge in [0.2, 0.25) is 0 Å². The van der Waals surface area contributed by atoms with Crippen LogP contribution in [-0.2, 0) is 0 Å². The van der Waals surface area contributed by atoms with Crippen molar-refractivity contribution in [2.24, 2.45) is 0 Å². The Morgan fingerprint density at radius 3 is 2.78 bits per heavy atom. The van der Waals surface area contributed by atoms with E-state index in [0.717, 1.165) is 25.7 Å². The predicted molar refractivity (Wildman–Crippen MR) is 121 cm³/mol. The van der Waals surface area contributed by atoms with E-state index in [1.165, 1.54) is 24.5 Å². The molecule has 0 saturated carbocycles. The first kappa shape index (κ1) is 20.6. The maximum absolute atomic E-state index is 14.3. The summed E-state index contributed by atoms with van der Waals surface area (Å²) in [6.45, 7) is 0. The summed E-state index contributed by atoms with van der Waals surface area (Å²) < 4.78 is 14.3. The Hall–Kier alpha value is -3.28. The molecule has 3 aromatic rings. The van der Waals surface area contributed by atoms with Crippen LogP contribution >= 0.6 is 11.6 Å². The molecule has 5 rings (SSSR count). The highest BCUT2D eigenvalue weighted by Gasteiger charge is 2.48. The first-order chi connectivity index (χ1) is 15.4. The number of hydrogen-bond donors (Lipinski definition) is 1. The van der Waals surface area contributed by atoms with Crippen molar-refractivity contribution in [2.75, 3.05) is 12.4 Å². The van der Waals surface area contributed by atoms with Crippen LogP contribution in [0.3, 0.4) is 0 Å². The van der Waals surface area contributed by atoms with Crippen molar-refractivity contribution in [1.82, 2.24) is 14.9 Å². The molecule has 2 aliphatic heterocycles. The van der Waals surface area contributed by atoms with Gasteiger partial charge in [-0.05, 0) is 50.9 Å². The van der Waals surface area contributed by atoms with Gasteiger partial charge < -0.3 is 5.32 Å². The zero-order chi connectivity index (χ0) is 22.5. The standard InChI is InChI=1S/C23H19ClFN5O2/c1-29-15-6-9-23(29,10-7-15)8-5-14-11-19-16(12-20(14)30(31)32)22(27-13-26-19)28-18-4-2-3-17(24)21(18)25/h2-4,11-13,15H,6-7,9-10H2,1H3,(H,26,27,28). The van der Waals surface area contributed by atoms with Crippen LogP contribution in [-0.4, -0.2) is 38.4 Å².